The van der Waals surface area contributed by atoms with Gasteiger partial charge < -0.3 is 15.2 Å². The van der Waals surface area contributed by atoms with Crippen molar-refractivity contribution in [1.82, 2.24) is 14.8 Å². The highest BCUT2D eigenvalue weighted by Crippen LogP contribution is 2.16. The van der Waals surface area contributed by atoms with E-state index < -0.39 is 5.97 Å². The third-order valence-corrected chi connectivity index (χ3v) is 2.54. The number of esters is 1. The van der Waals surface area contributed by atoms with Gasteiger partial charge in [0.05, 0.1) is 19.1 Å². The number of nitrogens with one attached hydrogen (secondary N) is 1. The fourth-order valence-corrected chi connectivity index (χ4v) is 1.76. The van der Waals surface area contributed by atoms with E-state index in [0.29, 0.717) is 25.6 Å². The van der Waals surface area contributed by atoms with Crippen LogP contribution in [0.25, 0.3) is 0 Å². The molecule has 98 valence electrons. The van der Waals surface area contributed by atoms with E-state index in [1.807, 2.05) is 0 Å². The average Bonchev–Trinajstić information content (AvgIpc) is 2.69. The number of carbonyl (C=O) groups excluding carboxylic acids is 1. The van der Waals surface area contributed by atoms with Gasteiger partial charge in [-0.25, -0.2) is 4.68 Å². The number of carbonyl (C=O) groups is 2. The summed E-state index contributed by atoms with van der Waals surface area (Å²) >= 11 is 0. The highest BCUT2D eigenvalue weighted by Gasteiger charge is 2.27. The summed E-state index contributed by atoms with van der Waals surface area (Å²) in [6.07, 6.45) is -0.230. The van der Waals surface area contributed by atoms with Gasteiger partial charge >= 0.3 is 11.9 Å². The maximum Gasteiger partial charge on any atom is 0.312 e. The summed E-state index contributed by atoms with van der Waals surface area (Å²) in [5, 5.41) is 15.6. The second-order valence-electron chi connectivity index (χ2n) is 3.93. The normalized spacial score (nSPS) is 17.7. The van der Waals surface area contributed by atoms with Crippen LogP contribution in [0.15, 0.2) is 0 Å². The Morgan fingerprint density at radius 1 is 1.61 bits per heavy atom. The molecular formula is C10H14N4O4. The van der Waals surface area contributed by atoms with Gasteiger partial charge in [-0.2, -0.15) is 10.1 Å². The van der Waals surface area contributed by atoms with Gasteiger partial charge in [0, 0.05) is 6.54 Å². The molecule has 0 saturated carbocycles. The molecule has 1 aromatic rings. The van der Waals surface area contributed by atoms with Crippen molar-refractivity contribution in [2.45, 2.75) is 19.9 Å². The minimum absolute atomic E-state index is 0.230. The number of anilines is 1. The Hall–Kier alpha value is -2.12. The highest BCUT2D eigenvalue weighted by molar-refractivity contribution is 5.73. The molecule has 1 aliphatic rings. The fraction of sp³-hybridized carbons (Fsp3) is 0.600. The molecule has 18 heavy (non-hydrogen) atoms. The van der Waals surface area contributed by atoms with E-state index in [9.17, 15) is 9.59 Å². The Kier molecular flexibility index (Phi) is 3.45. The SMILES string of the molecule is CCOC(=O)C1CNc2nc(CC(=O)O)nn2C1. The quantitative estimate of drug-likeness (QED) is 0.698. The highest BCUT2D eigenvalue weighted by atomic mass is 16.5. The molecule has 8 heteroatoms. The van der Waals surface area contributed by atoms with Crippen LogP contribution in [0, 0.1) is 5.92 Å². The molecule has 2 rings (SSSR count). The van der Waals surface area contributed by atoms with Crippen LogP contribution >= 0.6 is 0 Å². The lowest BCUT2D eigenvalue weighted by molar-refractivity contribution is -0.148. The number of carboxylic acids is 1. The lowest BCUT2D eigenvalue weighted by Gasteiger charge is -2.21. The number of hydrogen-bond acceptors (Lipinski definition) is 6. The molecule has 0 fully saturated rings. The van der Waals surface area contributed by atoms with Crippen LogP contribution in [0.5, 0.6) is 0 Å². The molecule has 0 amide bonds. The van der Waals surface area contributed by atoms with E-state index in [2.05, 4.69) is 15.4 Å². The van der Waals surface area contributed by atoms with Crippen LogP contribution in [0.3, 0.4) is 0 Å². The molecule has 8 nitrogen and oxygen atoms in total. The summed E-state index contributed by atoms with van der Waals surface area (Å²) < 4.78 is 6.44. The van der Waals surface area contributed by atoms with E-state index in [-0.39, 0.29) is 24.1 Å². The summed E-state index contributed by atoms with van der Waals surface area (Å²) in [5.41, 5.74) is 0. The third-order valence-electron chi connectivity index (χ3n) is 2.54. The fourth-order valence-electron chi connectivity index (χ4n) is 1.76. The van der Waals surface area contributed by atoms with Gasteiger partial charge in [0.1, 0.15) is 6.42 Å². The Labute approximate surface area is 103 Å². The maximum atomic E-state index is 11.6. The molecule has 0 aliphatic carbocycles. The molecule has 1 aromatic heterocycles. The second-order valence-corrected chi connectivity index (χ2v) is 3.93. The van der Waals surface area contributed by atoms with Gasteiger partial charge in [0.25, 0.3) is 0 Å². The minimum Gasteiger partial charge on any atom is -0.481 e. The molecule has 1 atom stereocenters. The molecule has 0 bridgehead atoms. The Morgan fingerprint density at radius 3 is 3.06 bits per heavy atom. The smallest absolute Gasteiger partial charge is 0.312 e. The summed E-state index contributed by atoms with van der Waals surface area (Å²) in [5.74, 6) is -0.871. The van der Waals surface area contributed by atoms with Gasteiger partial charge in [-0.05, 0) is 6.92 Å². The van der Waals surface area contributed by atoms with E-state index in [1.54, 1.807) is 6.92 Å². The topological polar surface area (TPSA) is 106 Å². The molecule has 0 radical (unpaired) electrons. The number of ether oxygens (including phenoxy) is 1. The van der Waals surface area contributed by atoms with Crippen molar-refractivity contribution in [3.8, 4) is 0 Å². The molecule has 1 aliphatic heterocycles. The summed E-state index contributed by atoms with van der Waals surface area (Å²) in [6.45, 7) is 2.86. The van der Waals surface area contributed by atoms with Crippen molar-refractivity contribution in [2.75, 3.05) is 18.5 Å². The monoisotopic (exact) mass is 254 g/mol. The lowest BCUT2D eigenvalue weighted by atomic mass is 10.1. The first-order valence-corrected chi connectivity index (χ1v) is 5.66. The molecular weight excluding hydrogens is 240 g/mol. The predicted molar refractivity (Wildman–Crippen MR) is 60.0 cm³/mol. The van der Waals surface area contributed by atoms with E-state index in [1.165, 1.54) is 4.68 Å². The molecule has 0 spiro atoms. The van der Waals surface area contributed by atoms with Crippen LogP contribution in [-0.2, 0) is 27.3 Å². The molecule has 0 saturated heterocycles. The number of carboxylic acid groups (broad SMARTS) is 1. The number of nitrogens with zero attached hydrogens (tertiary/aromatic N) is 3. The van der Waals surface area contributed by atoms with Crippen molar-refractivity contribution >= 4 is 17.9 Å². The summed E-state index contributed by atoms with van der Waals surface area (Å²) in [6, 6.07) is 0. The number of fused-ring (bicyclic) bond motifs is 1. The number of rotatable bonds is 4. The van der Waals surface area contributed by atoms with Crippen molar-refractivity contribution in [3.05, 3.63) is 5.82 Å². The van der Waals surface area contributed by atoms with Gasteiger partial charge in [-0.15, -0.1) is 0 Å². The van der Waals surface area contributed by atoms with E-state index in [4.69, 9.17) is 9.84 Å². The summed E-state index contributed by atoms with van der Waals surface area (Å²) in [4.78, 5) is 26.2. The first-order valence-electron chi connectivity index (χ1n) is 5.66. The first kappa shape index (κ1) is 12.3. The molecule has 1 unspecified atom stereocenters. The zero-order valence-electron chi connectivity index (χ0n) is 9.92. The number of hydrogen-bond donors (Lipinski definition) is 2. The first-order chi connectivity index (χ1) is 8.60. The minimum atomic E-state index is -0.986. The van der Waals surface area contributed by atoms with Crippen molar-refractivity contribution in [2.24, 2.45) is 5.92 Å². The Balaban J connectivity index is 2.07. The van der Waals surface area contributed by atoms with Crippen LogP contribution in [0.1, 0.15) is 12.7 Å². The van der Waals surface area contributed by atoms with Crippen molar-refractivity contribution < 1.29 is 19.4 Å². The Bertz CT molecular complexity index is 470. The van der Waals surface area contributed by atoms with Crippen LogP contribution in [0.4, 0.5) is 5.95 Å². The van der Waals surface area contributed by atoms with Gasteiger partial charge in [-0.3, -0.25) is 9.59 Å². The third kappa shape index (κ3) is 2.58. The number of aliphatic carboxylic acids is 1. The molecule has 0 aromatic carbocycles. The second kappa shape index (κ2) is 5.03. The Morgan fingerprint density at radius 2 is 2.39 bits per heavy atom. The largest absolute Gasteiger partial charge is 0.481 e. The van der Waals surface area contributed by atoms with Gasteiger partial charge in [0.15, 0.2) is 5.82 Å². The van der Waals surface area contributed by atoms with Crippen LogP contribution in [0.2, 0.25) is 0 Å². The van der Waals surface area contributed by atoms with Crippen LogP contribution < -0.4 is 5.32 Å². The predicted octanol–water partition coefficient (Wildman–Crippen LogP) is -0.490. The van der Waals surface area contributed by atoms with Gasteiger partial charge in [-0.1, -0.05) is 0 Å². The van der Waals surface area contributed by atoms with Crippen LogP contribution in [-0.4, -0.2) is 45.0 Å². The zero-order valence-corrected chi connectivity index (χ0v) is 9.92. The zero-order chi connectivity index (χ0) is 13.1. The number of aromatic nitrogens is 3. The van der Waals surface area contributed by atoms with Crippen molar-refractivity contribution in [3.63, 3.8) is 0 Å². The van der Waals surface area contributed by atoms with Gasteiger partial charge in [0.2, 0.25) is 5.95 Å². The molecule has 2 N–H and O–H groups in total. The summed E-state index contributed by atoms with van der Waals surface area (Å²) in [7, 11) is 0. The standard InChI is InChI=1S/C10H14N4O4/c1-2-18-9(17)6-4-11-10-12-7(3-8(15)16)13-14(10)5-6/h6H,2-5H2,1H3,(H,15,16)(H,11,12,13). The maximum absolute atomic E-state index is 11.6. The van der Waals surface area contributed by atoms with E-state index >= 15 is 0 Å². The van der Waals surface area contributed by atoms with Crippen molar-refractivity contribution in [1.29, 1.82) is 0 Å². The van der Waals surface area contributed by atoms with E-state index in [0.717, 1.165) is 0 Å². The molecule has 2 heterocycles. The average molecular weight is 254 g/mol. The lowest BCUT2D eigenvalue weighted by Crippen LogP contribution is -2.34.